The number of aryl methyl sites for hydroxylation is 1. The molecule has 0 N–H and O–H groups in total. The number of sulfonamides is 1. The molecule has 0 spiro atoms. The Morgan fingerprint density at radius 1 is 1.12 bits per heavy atom. The molecule has 32 heavy (non-hydrogen) atoms. The number of amides is 1. The van der Waals surface area contributed by atoms with Crippen molar-refractivity contribution in [3.05, 3.63) is 56.7 Å². The highest BCUT2D eigenvalue weighted by Gasteiger charge is 2.30. The van der Waals surface area contributed by atoms with Gasteiger partial charge >= 0.3 is 4.87 Å². The van der Waals surface area contributed by atoms with Gasteiger partial charge in [-0.2, -0.15) is 4.31 Å². The average molecular weight is 496 g/mol. The molecule has 0 bridgehead atoms. The van der Waals surface area contributed by atoms with Gasteiger partial charge in [0.15, 0.2) is 0 Å². The Kier molecular flexibility index (Phi) is 6.30. The van der Waals surface area contributed by atoms with Gasteiger partial charge in [0.25, 0.3) is 0 Å². The fraction of sp³-hybridized carbons (Fsp3) is 0.333. The summed E-state index contributed by atoms with van der Waals surface area (Å²) in [5.41, 5.74) is 1.47. The monoisotopic (exact) mass is 495 g/mol. The van der Waals surface area contributed by atoms with Crippen LogP contribution >= 0.6 is 22.9 Å². The van der Waals surface area contributed by atoms with E-state index in [1.807, 2.05) is 0 Å². The first-order valence-electron chi connectivity index (χ1n) is 9.90. The number of carbonyl (C=O) groups excluding carboxylic acids is 1. The van der Waals surface area contributed by atoms with Crippen molar-refractivity contribution in [2.24, 2.45) is 7.05 Å². The van der Waals surface area contributed by atoms with Gasteiger partial charge in [-0.15, -0.1) is 0 Å². The molecule has 0 unspecified atom stereocenters. The van der Waals surface area contributed by atoms with Gasteiger partial charge in [-0.05, 0) is 35.9 Å². The third kappa shape index (κ3) is 4.27. The number of rotatable bonds is 5. The van der Waals surface area contributed by atoms with Gasteiger partial charge < -0.3 is 14.2 Å². The molecule has 1 fully saturated rings. The molecule has 0 aliphatic carbocycles. The Morgan fingerprint density at radius 3 is 2.50 bits per heavy atom. The van der Waals surface area contributed by atoms with Crippen LogP contribution in [-0.2, 0) is 28.3 Å². The SMILES string of the molecule is COc1ccc(CC(=O)N2CCN(S(=O)(=O)c3ccc4c(c3)sc(=O)n4C)CC2)cc1Cl. The number of hydrogen-bond acceptors (Lipinski definition) is 6. The average Bonchev–Trinajstić information content (AvgIpc) is 3.07. The van der Waals surface area contributed by atoms with Crippen molar-refractivity contribution in [3.8, 4) is 5.75 Å². The summed E-state index contributed by atoms with van der Waals surface area (Å²) in [6, 6.07) is 9.93. The van der Waals surface area contributed by atoms with Gasteiger partial charge in [-0.25, -0.2) is 8.42 Å². The minimum atomic E-state index is -3.72. The molecule has 11 heteroatoms. The minimum Gasteiger partial charge on any atom is -0.495 e. The summed E-state index contributed by atoms with van der Waals surface area (Å²) in [6.45, 7) is 1.03. The van der Waals surface area contributed by atoms with Crippen LogP contribution in [0.4, 0.5) is 0 Å². The lowest BCUT2D eigenvalue weighted by Crippen LogP contribution is -2.50. The molecule has 4 rings (SSSR count). The van der Waals surface area contributed by atoms with Crippen LogP contribution in [0.2, 0.25) is 5.02 Å². The Balaban J connectivity index is 1.43. The number of aromatic nitrogens is 1. The van der Waals surface area contributed by atoms with Gasteiger partial charge in [0.1, 0.15) is 5.75 Å². The molecular weight excluding hydrogens is 474 g/mol. The molecule has 2 heterocycles. The van der Waals surface area contributed by atoms with Crippen molar-refractivity contribution in [3.63, 3.8) is 0 Å². The highest BCUT2D eigenvalue weighted by atomic mass is 35.5. The van der Waals surface area contributed by atoms with Crippen molar-refractivity contribution in [2.75, 3.05) is 33.3 Å². The zero-order valence-corrected chi connectivity index (χ0v) is 20.0. The lowest BCUT2D eigenvalue weighted by Gasteiger charge is -2.34. The first-order valence-corrected chi connectivity index (χ1v) is 12.5. The van der Waals surface area contributed by atoms with Gasteiger partial charge in [-0.3, -0.25) is 9.59 Å². The van der Waals surface area contributed by atoms with Gasteiger partial charge in [0.2, 0.25) is 15.9 Å². The van der Waals surface area contributed by atoms with E-state index in [1.165, 1.54) is 22.0 Å². The zero-order chi connectivity index (χ0) is 23.0. The smallest absolute Gasteiger partial charge is 0.307 e. The highest BCUT2D eigenvalue weighted by Crippen LogP contribution is 2.26. The number of piperazine rings is 1. The number of hydrogen-bond donors (Lipinski definition) is 0. The number of nitrogens with zero attached hydrogens (tertiary/aromatic N) is 3. The van der Waals surface area contributed by atoms with Crippen molar-refractivity contribution < 1.29 is 17.9 Å². The van der Waals surface area contributed by atoms with Crippen molar-refractivity contribution in [2.45, 2.75) is 11.3 Å². The molecule has 1 saturated heterocycles. The van der Waals surface area contributed by atoms with E-state index in [2.05, 4.69) is 0 Å². The van der Waals surface area contributed by atoms with Crippen LogP contribution in [0.5, 0.6) is 5.75 Å². The number of fused-ring (bicyclic) bond motifs is 1. The molecule has 1 aromatic heterocycles. The van der Waals surface area contributed by atoms with Gasteiger partial charge in [0.05, 0.1) is 33.7 Å². The molecule has 1 amide bonds. The lowest BCUT2D eigenvalue weighted by atomic mass is 10.1. The van der Waals surface area contributed by atoms with E-state index in [0.717, 1.165) is 16.9 Å². The topological polar surface area (TPSA) is 88.9 Å². The summed E-state index contributed by atoms with van der Waals surface area (Å²) in [7, 11) is -0.534. The van der Waals surface area contributed by atoms with Crippen LogP contribution in [0, 0.1) is 0 Å². The third-order valence-electron chi connectivity index (χ3n) is 5.56. The van der Waals surface area contributed by atoms with Crippen LogP contribution in [0.25, 0.3) is 10.2 Å². The predicted octanol–water partition coefficient (Wildman–Crippen LogP) is 2.34. The molecular formula is C21H22ClN3O5S2. The summed E-state index contributed by atoms with van der Waals surface area (Å²) in [6.07, 6.45) is 0.181. The number of thiazole rings is 1. The van der Waals surface area contributed by atoms with E-state index in [0.29, 0.717) is 34.1 Å². The van der Waals surface area contributed by atoms with E-state index in [4.69, 9.17) is 16.3 Å². The number of methoxy groups -OCH3 is 1. The molecule has 1 aliphatic heterocycles. The third-order valence-corrected chi connectivity index (χ3v) is 8.75. The first kappa shape index (κ1) is 22.8. The fourth-order valence-electron chi connectivity index (χ4n) is 3.71. The minimum absolute atomic E-state index is 0.0845. The van der Waals surface area contributed by atoms with E-state index >= 15 is 0 Å². The molecule has 2 aromatic carbocycles. The van der Waals surface area contributed by atoms with Gasteiger partial charge in [0, 0.05) is 33.2 Å². The zero-order valence-electron chi connectivity index (χ0n) is 17.6. The number of ether oxygens (including phenoxy) is 1. The summed E-state index contributed by atoms with van der Waals surface area (Å²) < 4.78 is 34.8. The van der Waals surface area contributed by atoms with Crippen molar-refractivity contribution in [1.29, 1.82) is 0 Å². The second-order valence-electron chi connectivity index (χ2n) is 7.49. The van der Waals surface area contributed by atoms with E-state index in [9.17, 15) is 18.0 Å². The fourth-order valence-corrected chi connectivity index (χ4v) is 6.43. The van der Waals surface area contributed by atoms with Crippen LogP contribution in [0.1, 0.15) is 5.56 Å². The molecule has 3 aromatic rings. The van der Waals surface area contributed by atoms with Crippen LogP contribution in [0.3, 0.4) is 0 Å². The predicted molar refractivity (Wildman–Crippen MR) is 124 cm³/mol. The molecule has 0 saturated carbocycles. The number of benzene rings is 2. The maximum Gasteiger partial charge on any atom is 0.307 e. The second-order valence-corrected chi connectivity index (χ2v) is 10.8. The van der Waals surface area contributed by atoms with Crippen LogP contribution in [0.15, 0.2) is 46.1 Å². The number of carbonyl (C=O) groups is 1. The number of halogens is 1. The largest absolute Gasteiger partial charge is 0.495 e. The molecule has 8 nitrogen and oxygen atoms in total. The van der Waals surface area contributed by atoms with Crippen LogP contribution < -0.4 is 9.61 Å². The normalized spacial score (nSPS) is 15.3. The second kappa shape index (κ2) is 8.86. The molecule has 0 radical (unpaired) electrons. The quantitative estimate of drug-likeness (QED) is 0.542. The molecule has 170 valence electrons. The maximum absolute atomic E-state index is 13.1. The summed E-state index contributed by atoms with van der Waals surface area (Å²) in [4.78, 5) is 26.2. The maximum atomic E-state index is 13.1. The summed E-state index contributed by atoms with van der Waals surface area (Å²) >= 11 is 7.15. The summed E-state index contributed by atoms with van der Waals surface area (Å²) in [5, 5.41) is 0.439. The van der Waals surface area contributed by atoms with Gasteiger partial charge in [-0.1, -0.05) is 29.0 Å². The summed E-state index contributed by atoms with van der Waals surface area (Å²) in [5.74, 6) is 0.460. The standard InChI is InChI=1S/C21H22ClN3O5S2/c1-23-17-5-4-15(13-19(17)31-21(23)27)32(28,29)25-9-7-24(8-10-25)20(26)12-14-3-6-18(30-2)16(22)11-14/h3-6,11,13H,7-10,12H2,1-2H3. The highest BCUT2D eigenvalue weighted by molar-refractivity contribution is 7.89. The van der Waals surface area contributed by atoms with E-state index < -0.39 is 10.0 Å². The van der Waals surface area contributed by atoms with Crippen LogP contribution in [-0.4, -0.2) is 61.4 Å². The Labute approximate surface area is 194 Å². The lowest BCUT2D eigenvalue weighted by molar-refractivity contribution is -0.131. The molecule has 0 atom stereocenters. The molecule has 1 aliphatic rings. The first-order chi connectivity index (χ1) is 15.2. The Morgan fingerprint density at radius 2 is 1.84 bits per heavy atom. The van der Waals surface area contributed by atoms with E-state index in [1.54, 1.807) is 42.3 Å². The van der Waals surface area contributed by atoms with Crippen molar-refractivity contribution >= 4 is 49.1 Å². The Hall–Kier alpha value is -2.40. The van der Waals surface area contributed by atoms with Crippen molar-refractivity contribution in [1.82, 2.24) is 13.8 Å². The Bertz CT molecular complexity index is 1340. The van der Waals surface area contributed by atoms with E-state index in [-0.39, 0.29) is 35.2 Å².